The molecule has 6 rings (SSSR count). The Labute approximate surface area is 212 Å². The minimum Gasteiger partial charge on any atom is -0.428 e. The standard InChI is InChI=1S/C29H34Cl2O3/c1-17(32)21-9-10-22-20-15-24-28(29(24,30)31)16-19(34-25(33)18-7-5-4-6-8-18)11-14-27(28,3)23(20)12-13-26(21,22)2/h4-8,16,20-24H,9-15H2,1-3H3. The molecule has 0 radical (unpaired) electrons. The summed E-state index contributed by atoms with van der Waals surface area (Å²) in [6.07, 6.45) is 9.23. The van der Waals surface area contributed by atoms with Gasteiger partial charge in [0.2, 0.25) is 0 Å². The Morgan fingerprint density at radius 3 is 2.44 bits per heavy atom. The number of allylic oxidation sites excluding steroid dienone is 2. The number of hydrogen-bond donors (Lipinski definition) is 0. The van der Waals surface area contributed by atoms with Crippen LogP contribution in [0, 0.1) is 45.8 Å². The van der Waals surface area contributed by atoms with Gasteiger partial charge < -0.3 is 4.74 Å². The Hall–Kier alpha value is -1.32. The van der Waals surface area contributed by atoms with Crippen LogP contribution in [-0.4, -0.2) is 16.1 Å². The number of ketones is 1. The molecule has 0 N–H and O–H groups in total. The molecule has 0 saturated heterocycles. The minimum atomic E-state index is -0.834. The molecule has 4 fully saturated rings. The van der Waals surface area contributed by atoms with E-state index in [1.807, 2.05) is 18.2 Å². The second kappa shape index (κ2) is 7.35. The normalized spacial score (nSPS) is 45.7. The summed E-state index contributed by atoms with van der Waals surface area (Å²) < 4.78 is 5.05. The van der Waals surface area contributed by atoms with E-state index in [1.54, 1.807) is 19.1 Å². The lowest BCUT2D eigenvalue weighted by Crippen LogP contribution is -2.54. The lowest BCUT2D eigenvalue weighted by Gasteiger charge is -2.59. The van der Waals surface area contributed by atoms with Crippen molar-refractivity contribution < 1.29 is 14.3 Å². The van der Waals surface area contributed by atoms with E-state index in [1.165, 1.54) is 0 Å². The third kappa shape index (κ3) is 2.78. The fourth-order valence-corrected chi connectivity index (χ4v) is 10.8. The molecule has 4 saturated carbocycles. The van der Waals surface area contributed by atoms with E-state index in [2.05, 4.69) is 19.9 Å². The van der Waals surface area contributed by atoms with Gasteiger partial charge in [-0.3, -0.25) is 4.79 Å². The number of carbonyl (C=O) groups is 2. The molecule has 3 nitrogen and oxygen atoms in total. The monoisotopic (exact) mass is 500 g/mol. The van der Waals surface area contributed by atoms with Gasteiger partial charge in [0.15, 0.2) is 0 Å². The zero-order valence-corrected chi connectivity index (χ0v) is 21.8. The van der Waals surface area contributed by atoms with Crippen molar-refractivity contribution in [1.29, 1.82) is 0 Å². The molecule has 1 aromatic carbocycles. The first kappa shape index (κ1) is 23.1. The zero-order chi connectivity index (χ0) is 24.1. The molecule has 0 amide bonds. The van der Waals surface area contributed by atoms with E-state index in [-0.39, 0.29) is 34.1 Å². The Bertz CT molecular complexity index is 1080. The molecule has 1 aromatic rings. The van der Waals surface area contributed by atoms with E-state index < -0.39 is 4.33 Å². The highest BCUT2D eigenvalue weighted by Crippen LogP contribution is 2.86. The number of rotatable bonds is 3. The van der Waals surface area contributed by atoms with Crippen LogP contribution in [-0.2, 0) is 9.53 Å². The largest absolute Gasteiger partial charge is 0.428 e. The van der Waals surface area contributed by atoms with Gasteiger partial charge in [0, 0.05) is 23.7 Å². The summed E-state index contributed by atoms with van der Waals surface area (Å²) in [4.78, 5) is 25.2. The molecular weight excluding hydrogens is 467 g/mol. The Morgan fingerprint density at radius 2 is 1.74 bits per heavy atom. The smallest absolute Gasteiger partial charge is 0.343 e. The molecular formula is C29H34Cl2O3. The molecule has 5 aliphatic carbocycles. The first-order valence-corrected chi connectivity index (χ1v) is 13.7. The lowest BCUT2D eigenvalue weighted by molar-refractivity contribution is -0.131. The van der Waals surface area contributed by atoms with Gasteiger partial charge in [-0.1, -0.05) is 32.0 Å². The Balaban J connectivity index is 1.32. The molecule has 1 spiro atoms. The fourth-order valence-electron chi connectivity index (χ4n) is 9.56. The third-order valence-electron chi connectivity index (χ3n) is 11.2. The first-order valence-electron chi connectivity index (χ1n) is 12.9. The number of hydrogen-bond acceptors (Lipinski definition) is 3. The Kier molecular flexibility index (Phi) is 5.00. The van der Waals surface area contributed by atoms with Gasteiger partial charge in [0.25, 0.3) is 0 Å². The number of carbonyl (C=O) groups excluding carboxylic acids is 2. The molecule has 5 heteroatoms. The maximum Gasteiger partial charge on any atom is 0.343 e. The van der Waals surface area contributed by atoms with E-state index >= 15 is 0 Å². The highest BCUT2D eigenvalue weighted by atomic mass is 35.5. The molecule has 0 aromatic heterocycles. The zero-order valence-electron chi connectivity index (χ0n) is 20.3. The summed E-state index contributed by atoms with van der Waals surface area (Å²) in [7, 11) is 0. The van der Waals surface area contributed by atoms with Crippen molar-refractivity contribution in [3.8, 4) is 0 Å². The van der Waals surface area contributed by atoms with Crippen molar-refractivity contribution in [2.45, 2.75) is 70.1 Å². The maximum atomic E-state index is 12.7. The maximum absolute atomic E-state index is 12.7. The predicted molar refractivity (Wildman–Crippen MR) is 133 cm³/mol. The summed E-state index contributed by atoms with van der Waals surface area (Å²) in [6, 6.07) is 9.14. The highest BCUT2D eigenvalue weighted by Gasteiger charge is 2.85. The van der Waals surface area contributed by atoms with Gasteiger partial charge in [0.1, 0.15) is 15.9 Å². The van der Waals surface area contributed by atoms with Crippen molar-refractivity contribution in [3.05, 3.63) is 47.7 Å². The van der Waals surface area contributed by atoms with E-state index in [0.717, 1.165) is 50.7 Å². The number of benzene rings is 1. The molecule has 0 aliphatic heterocycles. The molecule has 8 atom stereocenters. The average Bonchev–Trinajstić information content (AvgIpc) is 3.08. The van der Waals surface area contributed by atoms with Crippen LogP contribution in [0.5, 0.6) is 0 Å². The third-order valence-corrected chi connectivity index (χ3v) is 12.3. The summed E-state index contributed by atoms with van der Waals surface area (Å²) in [5.74, 6) is 2.80. The second-order valence-electron chi connectivity index (χ2n) is 12.2. The molecule has 8 unspecified atom stereocenters. The highest BCUT2D eigenvalue weighted by molar-refractivity contribution is 6.52. The number of fused-ring (bicyclic) bond motifs is 4. The van der Waals surface area contributed by atoms with Crippen LogP contribution in [0.15, 0.2) is 42.2 Å². The van der Waals surface area contributed by atoms with Crippen molar-refractivity contribution in [1.82, 2.24) is 0 Å². The van der Waals surface area contributed by atoms with Gasteiger partial charge >= 0.3 is 5.97 Å². The van der Waals surface area contributed by atoms with Gasteiger partial charge in [-0.05, 0) is 92.2 Å². The van der Waals surface area contributed by atoms with Crippen LogP contribution in [0.3, 0.4) is 0 Å². The van der Waals surface area contributed by atoms with Crippen molar-refractivity contribution in [2.75, 3.05) is 0 Å². The van der Waals surface area contributed by atoms with Crippen molar-refractivity contribution >= 4 is 35.0 Å². The molecule has 5 aliphatic rings. The fraction of sp³-hybridized carbons (Fsp3) is 0.655. The quantitative estimate of drug-likeness (QED) is 0.321. The predicted octanol–water partition coefficient (Wildman–Crippen LogP) is 7.37. The van der Waals surface area contributed by atoms with Crippen LogP contribution < -0.4 is 0 Å². The van der Waals surface area contributed by atoms with Crippen LogP contribution in [0.25, 0.3) is 0 Å². The summed E-state index contributed by atoms with van der Waals surface area (Å²) in [5, 5.41) is 0. The minimum absolute atomic E-state index is 0.0254. The van der Waals surface area contributed by atoms with E-state index in [0.29, 0.717) is 29.1 Å². The number of halogens is 2. The van der Waals surface area contributed by atoms with Crippen LogP contribution >= 0.6 is 23.2 Å². The molecule has 0 heterocycles. The van der Waals surface area contributed by atoms with Gasteiger partial charge in [-0.15, -0.1) is 23.2 Å². The number of Topliss-reactive ketones (excluding diaryl/α,β-unsaturated/α-hetero) is 1. The van der Waals surface area contributed by atoms with Crippen LogP contribution in [0.1, 0.15) is 76.1 Å². The van der Waals surface area contributed by atoms with Crippen molar-refractivity contribution in [2.24, 2.45) is 45.8 Å². The van der Waals surface area contributed by atoms with E-state index in [9.17, 15) is 9.59 Å². The summed E-state index contributed by atoms with van der Waals surface area (Å²) >= 11 is 14.3. The van der Waals surface area contributed by atoms with E-state index in [4.69, 9.17) is 27.9 Å². The number of alkyl halides is 2. The number of esters is 1. The SMILES string of the molecule is CC(=O)C1CCC2C3CC4C(Cl)(Cl)C45C=C(OC(=O)c4ccccc4)CCC5(C)C3CCC12C. The average molecular weight is 501 g/mol. The number of ether oxygens (including phenoxy) is 1. The van der Waals surface area contributed by atoms with Gasteiger partial charge in [0.05, 0.1) is 5.56 Å². The van der Waals surface area contributed by atoms with Gasteiger partial charge in [-0.25, -0.2) is 4.79 Å². The van der Waals surface area contributed by atoms with Crippen LogP contribution in [0.4, 0.5) is 0 Å². The van der Waals surface area contributed by atoms with Crippen LogP contribution in [0.2, 0.25) is 0 Å². The van der Waals surface area contributed by atoms with Gasteiger partial charge in [-0.2, -0.15) is 0 Å². The summed E-state index contributed by atoms with van der Waals surface area (Å²) in [5.41, 5.74) is 0.297. The molecule has 182 valence electrons. The molecule has 34 heavy (non-hydrogen) atoms. The lowest BCUT2D eigenvalue weighted by atomic mass is 9.45. The summed E-state index contributed by atoms with van der Waals surface area (Å²) in [6.45, 7) is 6.56. The van der Waals surface area contributed by atoms with Crippen molar-refractivity contribution in [3.63, 3.8) is 0 Å². The molecule has 0 bridgehead atoms. The first-order chi connectivity index (χ1) is 16.1. The second-order valence-corrected chi connectivity index (χ2v) is 13.6. The topological polar surface area (TPSA) is 43.4 Å². The Morgan fingerprint density at radius 1 is 1.00 bits per heavy atom.